The van der Waals surface area contributed by atoms with E-state index in [-0.39, 0.29) is 5.24 Å². The summed E-state index contributed by atoms with van der Waals surface area (Å²) in [6.45, 7) is 4.62. The lowest BCUT2D eigenvalue weighted by Gasteiger charge is -2.14. The van der Waals surface area contributed by atoms with Crippen molar-refractivity contribution in [3.05, 3.63) is 56.7 Å². The van der Waals surface area contributed by atoms with Gasteiger partial charge in [-0.2, -0.15) is 0 Å². The first-order valence-corrected chi connectivity index (χ1v) is 9.69. The fourth-order valence-electron chi connectivity index (χ4n) is 2.21. The highest BCUT2D eigenvalue weighted by Crippen LogP contribution is 2.25. The lowest BCUT2D eigenvalue weighted by Crippen LogP contribution is -2.08. The molecule has 2 rings (SSSR count). The number of ether oxygens (including phenoxy) is 1. The van der Waals surface area contributed by atoms with Gasteiger partial charge in [0.15, 0.2) is 0 Å². The number of anilines is 1. The Labute approximate surface area is 155 Å². The van der Waals surface area contributed by atoms with Crippen molar-refractivity contribution >= 4 is 45.3 Å². The van der Waals surface area contributed by atoms with Gasteiger partial charge in [-0.3, -0.25) is 4.79 Å². The molecule has 0 aliphatic rings. The minimum atomic E-state index is -0.0732. The Bertz CT molecular complexity index is 703. The number of thioether (sulfide) groups is 1. The lowest BCUT2D eigenvalue weighted by molar-refractivity contribution is 0.269. The van der Waals surface area contributed by atoms with Crippen molar-refractivity contribution in [2.75, 3.05) is 11.6 Å². The zero-order chi connectivity index (χ0) is 16.8. The normalized spacial score (nSPS) is 10.4. The van der Waals surface area contributed by atoms with E-state index in [4.69, 9.17) is 4.74 Å². The molecule has 5 heteroatoms. The van der Waals surface area contributed by atoms with Crippen molar-refractivity contribution in [2.45, 2.75) is 26.9 Å². The summed E-state index contributed by atoms with van der Waals surface area (Å²) in [6, 6.07) is 12.2. The third kappa shape index (κ3) is 5.14. The predicted octanol–water partition coefficient (Wildman–Crippen LogP) is 5.64. The molecule has 0 saturated heterocycles. The standard InChI is InChI=1S/C18H20INO2S/c1-4-13-5-8-17(12(2)9-13)22-11-14-10-15(19)6-7-16(14)20-18(21)23-3/h5-10H,4,11H2,1-3H3,(H,20,21). The average Bonchev–Trinajstić information content (AvgIpc) is 2.55. The van der Waals surface area contributed by atoms with E-state index >= 15 is 0 Å². The smallest absolute Gasteiger partial charge is 0.283 e. The highest BCUT2D eigenvalue weighted by molar-refractivity contribution is 14.1. The Kier molecular flexibility index (Phi) is 6.77. The minimum Gasteiger partial charge on any atom is -0.489 e. The van der Waals surface area contributed by atoms with Crippen molar-refractivity contribution in [3.8, 4) is 5.75 Å². The molecule has 2 aromatic carbocycles. The van der Waals surface area contributed by atoms with Crippen LogP contribution >= 0.6 is 34.4 Å². The first kappa shape index (κ1) is 18.1. The second-order valence-electron chi connectivity index (χ2n) is 5.16. The van der Waals surface area contributed by atoms with Gasteiger partial charge >= 0.3 is 0 Å². The van der Waals surface area contributed by atoms with E-state index in [0.29, 0.717) is 6.61 Å². The van der Waals surface area contributed by atoms with Crippen LogP contribution in [0.5, 0.6) is 5.75 Å². The quantitative estimate of drug-likeness (QED) is 0.611. The average molecular weight is 441 g/mol. The zero-order valence-corrected chi connectivity index (χ0v) is 16.5. The first-order valence-electron chi connectivity index (χ1n) is 7.39. The number of nitrogens with one attached hydrogen (secondary N) is 1. The van der Waals surface area contributed by atoms with Gasteiger partial charge < -0.3 is 10.1 Å². The van der Waals surface area contributed by atoms with Gasteiger partial charge in [0.05, 0.1) is 0 Å². The SMILES string of the molecule is CCc1ccc(OCc2cc(I)ccc2NC(=O)SC)c(C)c1. The molecule has 0 saturated carbocycles. The maximum atomic E-state index is 11.6. The van der Waals surface area contributed by atoms with Gasteiger partial charge in [-0.15, -0.1) is 0 Å². The van der Waals surface area contributed by atoms with Gasteiger partial charge in [-0.05, 0) is 77.6 Å². The topological polar surface area (TPSA) is 38.3 Å². The molecule has 0 bridgehead atoms. The molecule has 0 heterocycles. The summed E-state index contributed by atoms with van der Waals surface area (Å²) >= 11 is 3.42. The molecule has 0 aromatic heterocycles. The van der Waals surface area contributed by atoms with Crippen LogP contribution < -0.4 is 10.1 Å². The number of carbonyl (C=O) groups excluding carboxylic acids is 1. The van der Waals surface area contributed by atoms with Crippen LogP contribution in [0.15, 0.2) is 36.4 Å². The van der Waals surface area contributed by atoms with Gasteiger partial charge in [-0.1, -0.05) is 30.8 Å². The monoisotopic (exact) mass is 441 g/mol. The Hall–Kier alpha value is -1.21. The number of rotatable bonds is 5. The maximum absolute atomic E-state index is 11.6. The molecule has 23 heavy (non-hydrogen) atoms. The molecule has 1 amide bonds. The van der Waals surface area contributed by atoms with Crippen molar-refractivity contribution in [3.63, 3.8) is 0 Å². The fourth-order valence-corrected chi connectivity index (χ4v) is 2.98. The number of carbonyl (C=O) groups is 1. The summed E-state index contributed by atoms with van der Waals surface area (Å²) in [4.78, 5) is 11.6. The number of hydrogen-bond donors (Lipinski definition) is 1. The third-order valence-corrected chi connectivity index (χ3v) is 4.66. The molecular formula is C18H20INO2S. The molecule has 0 unspecified atom stereocenters. The minimum absolute atomic E-state index is 0.0732. The largest absolute Gasteiger partial charge is 0.489 e. The highest BCUT2D eigenvalue weighted by atomic mass is 127. The summed E-state index contributed by atoms with van der Waals surface area (Å²) in [5, 5.41) is 2.82. The van der Waals surface area contributed by atoms with E-state index in [2.05, 4.69) is 53.9 Å². The molecule has 0 aliphatic heterocycles. The summed E-state index contributed by atoms with van der Waals surface area (Å²) < 4.78 is 7.08. The third-order valence-electron chi connectivity index (χ3n) is 3.52. The van der Waals surface area contributed by atoms with E-state index in [1.165, 1.54) is 5.56 Å². The van der Waals surface area contributed by atoms with Gasteiger partial charge in [-0.25, -0.2) is 0 Å². The molecule has 0 spiro atoms. The molecule has 0 aliphatic carbocycles. The predicted molar refractivity (Wildman–Crippen MR) is 107 cm³/mol. The highest BCUT2D eigenvalue weighted by Gasteiger charge is 2.09. The van der Waals surface area contributed by atoms with E-state index in [1.807, 2.05) is 24.3 Å². The number of amides is 1. The van der Waals surface area contributed by atoms with E-state index < -0.39 is 0 Å². The first-order chi connectivity index (χ1) is 11.0. The van der Waals surface area contributed by atoms with Gasteiger partial charge in [0.2, 0.25) is 0 Å². The van der Waals surface area contributed by atoms with Crippen LogP contribution in [0.4, 0.5) is 10.5 Å². The fraction of sp³-hybridized carbons (Fsp3) is 0.278. The molecule has 0 fully saturated rings. The van der Waals surface area contributed by atoms with Crippen LogP contribution in [-0.4, -0.2) is 11.5 Å². The van der Waals surface area contributed by atoms with Crippen LogP contribution in [0.25, 0.3) is 0 Å². The van der Waals surface area contributed by atoms with Gasteiger partial charge in [0.25, 0.3) is 5.24 Å². The number of benzene rings is 2. The van der Waals surface area contributed by atoms with Crippen molar-refractivity contribution in [1.29, 1.82) is 0 Å². The molecule has 0 atom stereocenters. The summed E-state index contributed by atoms with van der Waals surface area (Å²) in [6.07, 6.45) is 2.78. The second kappa shape index (κ2) is 8.59. The van der Waals surface area contributed by atoms with Crippen LogP contribution in [-0.2, 0) is 13.0 Å². The zero-order valence-electron chi connectivity index (χ0n) is 13.5. The van der Waals surface area contributed by atoms with Crippen molar-refractivity contribution in [1.82, 2.24) is 0 Å². The van der Waals surface area contributed by atoms with Crippen LogP contribution in [0, 0.1) is 10.5 Å². The number of halogens is 1. The van der Waals surface area contributed by atoms with E-state index in [1.54, 1.807) is 6.26 Å². The summed E-state index contributed by atoms with van der Waals surface area (Å²) in [5.41, 5.74) is 4.20. The lowest BCUT2D eigenvalue weighted by atomic mass is 10.1. The Morgan fingerprint density at radius 2 is 2.04 bits per heavy atom. The Balaban J connectivity index is 2.16. The van der Waals surface area contributed by atoms with Gasteiger partial charge in [0.1, 0.15) is 12.4 Å². The number of aryl methyl sites for hydroxylation is 2. The Morgan fingerprint density at radius 1 is 1.26 bits per heavy atom. The van der Waals surface area contributed by atoms with E-state index in [0.717, 1.165) is 44.3 Å². The summed E-state index contributed by atoms with van der Waals surface area (Å²) in [5.74, 6) is 0.878. The molecule has 2 aromatic rings. The second-order valence-corrected chi connectivity index (χ2v) is 7.18. The van der Waals surface area contributed by atoms with Crippen molar-refractivity contribution < 1.29 is 9.53 Å². The molecule has 0 radical (unpaired) electrons. The number of hydrogen-bond acceptors (Lipinski definition) is 3. The molecule has 3 nitrogen and oxygen atoms in total. The van der Waals surface area contributed by atoms with Crippen molar-refractivity contribution in [2.24, 2.45) is 0 Å². The van der Waals surface area contributed by atoms with Crippen LogP contribution in [0.3, 0.4) is 0 Å². The summed E-state index contributed by atoms with van der Waals surface area (Å²) in [7, 11) is 0. The Morgan fingerprint density at radius 3 is 2.70 bits per heavy atom. The van der Waals surface area contributed by atoms with Gasteiger partial charge in [0, 0.05) is 14.8 Å². The van der Waals surface area contributed by atoms with Crippen LogP contribution in [0.1, 0.15) is 23.6 Å². The van der Waals surface area contributed by atoms with E-state index in [9.17, 15) is 4.79 Å². The van der Waals surface area contributed by atoms with Crippen LogP contribution in [0.2, 0.25) is 0 Å². The molecular weight excluding hydrogens is 421 g/mol. The molecule has 122 valence electrons. The molecule has 1 N–H and O–H groups in total. The maximum Gasteiger partial charge on any atom is 0.283 e.